The van der Waals surface area contributed by atoms with Crippen LogP contribution in [0.1, 0.15) is 17.8 Å². The van der Waals surface area contributed by atoms with Gasteiger partial charge in [0.05, 0.1) is 0 Å². The lowest BCUT2D eigenvalue weighted by molar-refractivity contribution is -0.126. The van der Waals surface area contributed by atoms with Crippen molar-refractivity contribution in [3.63, 3.8) is 0 Å². The van der Waals surface area contributed by atoms with Crippen LogP contribution >= 0.6 is 0 Å². The number of amides is 2. The summed E-state index contributed by atoms with van der Waals surface area (Å²) in [5.74, 6) is 0.183. The maximum Gasteiger partial charge on any atom is 0.233 e. The molecule has 1 aromatic heterocycles. The van der Waals surface area contributed by atoms with Gasteiger partial charge in [-0.2, -0.15) is 0 Å². The number of imidazole rings is 1. The standard InChI is InChI=1S/C15H18N4O2/c1-11-3-2-4-12(9-11)19-15(21)10-14(20)18-6-5-13-16-7-8-17-13/h2-4,7-9H,5-6,10H2,1H3,(H,16,17)(H,18,20)(H,19,21). The minimum atomic E-state index is -0.323. The van der Waals surface area contributed by atoms with Crippen LogP contribution in [0.4, 0.5) is 5.69 Å². The SMILES string of the molecule is Cc1cccc(NC(=O)CC(=O)NCCc2ncc[nH]2)c1. The van der Waals surface area contributed by atoms with E-state index in [1.165, 1.54) is 0 Å². The van der Waals surface area contributed by atoms with E-state index in [4.69, 9.17) is 0 Å². The van der Waals surface area contributed by atoms with Crippen molar-refractivity contribution in [2.75, 3.05) is 11.9 Å². The zero-order chi connectivity index (χ0) is 15.1. The van der Waals surface area contributed by atoms with Crippen molar-refractivity contribution in [2.24, 2.45) is 0 Å². The molecule has 0 bridgehead atoms. The Morgan fingerprint density at radius 2 is 2.14 bits per heavy atom. The topological polar surface area (TPSA) is 86.9 Å². The molecule has 3 N–H and O–H groups in total. The van der Waals surface area contributed by atoms with E-state index in [1.807, 2.05) is 25.1 Å². The maximum atomic E-state index is 11.7. The Kier molecular flexibility index (Phi) is 5.09. The van der Waals surface area contributed by atoms with Crippen molar-refractivity contribution in [3.8, 4) is 0 Å². The smallest absolute Gasteiger partial charge is 0.233 e. The average Bonchev–Trinajstić information content (AvgIpc) is 2.91. The van der Waals surface area contributed by atoms with Gasteiger partial charge >= 0.3 is 0 Å². The molecule has 0 spiro atoms. The summed E-state index contributed by atoms with van der Waals surface area (Å²) in [5.41, 5.74) is 1.75. The number of anilines is 1. The molecular formula is C15H18N4O2. The van der Waals surface area contributed by atoms with Crippen LogP contribution in [0.3, 0.4) is 0 Å². The number of H-pyrrole nitrogens is 1. The van der Waals surface area contributed by atoms with E-state index in [2.05, 4.69) is 20.6 Å². The number of rotatable bonds is 6. The average molecular weight is 286 g/mol. The van der Waals surface area contributed by atoms with E-state index < -0.39 is 0 Å². The van der Waals surface area contributed by atoms with Crippen LogP contribution < -0.4 is 10.6 Å². The number of nitrogens with zero attached hydrogens (tertiary/aromatic N) is 1. The molecule has 2 amide bonds. The van der Waals surface area contributed by atoms with Gasteiger partial charge in [-0.05, 0) is 24.6 Å². The fraction of sp³-hybridized carbons (Fsp3) is 0.267. The summed E-state index contributed by atoms with van der Waals surface area (Å²) in [7, 11) is 0. The second-order valence-corrected chi connectivity index (χ2v) is 4.73. The molecule has 0 atom stereocenters. The summed E-state index contributed by atoms with van der Waals surface area (Å²) >= 11 is 0. The molecule has 6 heteroatoms. The third-order valence-electron chi connectivity index (χ3n) is 2.86. The van der Waals surface area contributed by atoms with Gasteiger partial charge in [-0.3, -0.25) is 9.59 Å². The molecule has 1 heterocycles. The van der Waals surface area contributed by atoms with Gasteiger partial charge in [0.15, 0.2) is 0 Å². The number of hydrogen-bond donors (Lipinski definition) is 3. The van der Waals surface area contributed by atoms with Gasteiger partial charge < -0.3 is 15.6 Å². The van der Waals surface area contributed by atoms with Crippen LogP contribution in [0, 0.1) is 6.92 Å². The second-order valence-electron chi connectivity index (χ2n) is 4.73. The molecule has 2 rings (SSSR count). The molecule has 0 radical (unpaired) electrons. The monoisotopic (exact) mass is 286 g/mol. The molecule has 2 aromatic rings. The van der Waals surface area contributed by atoms with Gasteiger partial charge in [-0.25, -0.2) is 4.98 Å². The first kappa shape index (κ1) is 14.8. The lowest BCUT2D eigenvalue weighted by Crippen LogP contribution is -2.29. The van der Waals surface area contributed by atoms with Gasteiger partial charge in [-0.1, -0.05) is 12.1 Å². The number of aromatic amines is 1. The Hall–Kier alpha value is -2.63. The van der Waals surface area contributed by atoms with E-state index >= 15 is 0 Å². The maximum absolute atomic E-state index is 11.7. The predicted octanol–water partition coefficient (Wildman–Crippen LogP) is 1.41. The van der Waals surface area contributed by atoms with Gasteiger partial charge in [0.2, 0.25) is 11.8 Å². The number of benzene rings is 1. The Bertz CT molecular complexity index is 608. The van der Waals surface area contributed by atoms with Crippen LogP contribution in [0.25, 0.3) is 0 Å². The molecule has 1 aromatic carbocycles. The molecule has 0 aliphatic heterocycles. The highest BCUT2D eigenvalue weighted by atomic mass is 16.2. The molecule has 0 aliphatic rings. The zero-order valence-electron chi connectivity index (χ0n) is 11.8. The second kappa shape index (κ2) is 7.23. The summed E-state index contributed by atoms with van der Waals surface area (Å²) in [6.07, 6.45) is 3.81. The van der Waals surface area contributed by atoms with Crippen LogP contribution in [0.5, 0.6) is 0 Å². The molecule has 110 valence electrons. The van der Waals surface area contributed by atoms with Gasteiger partial charge in [-0.15, -0.1) is 0 Å². The minimum absolute atomic E-state index is 0.188. The summed E-state index contributed by atoms with van der Waals surface area (Å²) in [5, 5.41) is 5.39. The molecular weight excluding hydrogens is 268 g/mol. The Labute approximate surface area is 123 Å². The van der Waals surface area contributed by atoms with Crippen LogP contribution in [-0.2, 0) is 16.0 Å². The fourth-order valence-electron chi connectivity index (χ4n) is 1.89. The summed E-state index contributed by atoms with van der Waals surface area (Å²) < 4.78 is 0. The van der Waals surface area contributed by atoms with E-state index in [1.54, 1.807) is 18.5 Å². The zero-order valence-corrected chi connectivity index (χ0v) is 11.8. The molecule has 0 unspecified atom stereocenters. The lowest BCUT2D eigenvalue weighted by Gasteiger charge is -2.06. The molecule has 0 saturated heterocycles. The molecule has 0 fully saturated rings. The Morgan fingerprint density at radius 1 is 1.29 bits per heavy atom. The van der Waals surface area contributed by atoms with Crippen molar-refractivity contribution in [2.45, 2.75) is 19.8 Å². The van der Waals surface area contributed by atoms with Gasteiger partial charge in [0, 0.05) is 31.0 Å². The predicted molar refractivity (Wildman–Crippen MR) is 79.7 cm³/mol. The van der Waals surface area contributed by atoms with E-state index in [0.717, 1.165) is 11.4 Å². The normalized spacial score (nSPS) is 10.1. The van der Waals surface area contributed by atoms with Gasteiger partial charge in [0.25, 0.3) is 0 Å². The third kappa shape index (κ3) is 5.10. The van der Waals surface area contributed by atoms with E-state index in [0.29, 0.717) is 18.7 Å². The number of carbonyl (C=O) groups is 2. The van der Waals surface area contributed by atoms with Crippen molar-refractivity contribution in [3.05, 3.63) is 48.0 Å². The first-order chi connectivity index (χ1) is 10.1. The number of nitrogens with one attached hydrogen (secondary N) is 3. The van der Waals surface area contributed by atoms with Crippen LogP contribution in [-0.4, -0.2) is 28.3 Å². The number of carbonyl (C=O) groups excluding carboxylic acids is 2. The third-order valence-corrected chi connectivity index (χ3v) is 2.86. The van der Waals surface area contributed by atoms with Crippen LogP contribution in [0.15, 0.2) is 36.7 Å². The van der Waals surface area contributed by atoms with Crippen molar-refractivity contribution >= 4 is 17.5 Å². The number of hydrogen-bond acceptors (Lipinski definition) is 3. The van der Waals surface area contributed by atoms with Crippen LogP contribution in [0.2, 0.25) is 0 Å². The van der Waals surface area contributed by atoms with Crippen molar-refractivity contribution in [1.82, 2.24) is 15.3 Å². The number of aromatic nitrogens is 2. The Balaban J connectivity index is 1.70. The quantitative estimate of drug-likeness (QED) is 0.702. The lowest BCUT2D eigenvalue weighted by atomic mass is 10.2. The van der Waals surface area contributed by atoms with Crippen molar-refractivity contribution < 1.29 is 9.59 Å². The molecule has 0 saturated carbocycles. The highest BCUT2D eigenvalue weighted by Crippen LogP contribution is 2.09. The first-order valence-corrected chi connectivity index (χ1v) is 6.75. The summed E-state index contributed by atoms with van der Waals surface area (Å²) in [6.45, 7) is 2.39. The minimum Gasteiger partial charge on any atom is -0.355 e. The highest BCUT2D eigenvalue weighted by Gasteiger charge is 2.09. The summed E-state index contributed by atoms with van der Waals surface area (Å²) in [4.78, 5) is 30.4. The van der Waals surface area contributed by atoms with Crippen molar-refractivity contribution in [1.29, 1.82) is 0 Å². The Morgan fingerprint density at radius 3 is 2.86 bits per heavy atom. The molecule has 6 nitrogen and oxygen atoms in total. The van der Waals surface area contributed by atoms with Gasteiger partial charge in [0.1, 0.15) is 12.2 Å². The fourth-order valence-corrected chi connectivity index (χ4v) is 1.89. The largest absolute Gasteiger partial charge is 0.355 e. The highest BCUT2D eigenvalue weighted by molar-refractivity contribution is 6.03. The summed E-state index contributed by atoms with van der Waals surface area (Å²) in [6, 6.07) is 7.44. The first-order valence-electron chi connectivity index (χ1n) is 6.75. The number of aryl methyl sites for hydroxylation is 1. The van der Waals surface area contributed by atoms with E-state index in [9.17, 15) is 9.59 Å². The van der Waals surface area contributed by atoms with E-state index in [-0.39, 0.29) is 18.2 Å². The molecule has 0 aliphatic carbocycles. The molecule has 21 heavy (non-hydrogen) atoms.